The Morgan fingerprint density at radius 1 is 1.89 bits per heavy atom. The van der Waals surface area contributed by atoms with Gasteiger partial charge in [0, 0.05) is 4.57 Å². The molecule has 50 valence electrons. The van der Waals surface area contributed by atoms with Gasteiger partial charge in [-0.25, -0.2) is 4.52 Å². The first-order valence-corrected chi connectivity index (χ1v) is 3.41. The lowest BCUT2D eigenvalue weighted by Gasteiger charge is -1.78. The zero-order chi connectivity index (χ0) is 7.28. The van der Waals surface area contributed by atoms with E-state index < -0.39 is 8.25 Å². The smallest absolute Gasteiger partial charge is 0.237 e. The van der Waals surface area contributed by atoms with Crippen LogP contribution in [0.1, 0.15) is 6.92 Å². The van der Waals surface area contributed by atoms with Crippen molar-refractivity contribution in [2.75, 3.05) is 0 Å². The molecule has 0 fully saturated rings. The standard InChI is InChI=1S/C5H7O3P/c1-5(2)3-4-8-9(6)7/h3-4H,1H2,2H3/p+1. The summed E-state index contributed by atoms with van der Waals surface area (Å²) in [7, 11) is -2.51. The van der Waals surface area contributed by atoms with Crippen LogP contribution < -0.4 is 0 Å². The van der Waals surface area contributed by atoms with Crippen LogP contribution in [0.3, 0.4) is 0 Å². The zero-order valence-electron chi connectivity index (χ0n) is 5.07. The van der Waals surface area contributed by atoms with E-state index in [9.17, 15) is 4.57 Å². The SMILES string of the molecule is C=C(C)C=CO[P+](=O)O. The van der Waals surface area contributed by atoms with Crippen LogP contribution in [0.25, 0.3) is 0 Å². The molecule has 4 heteroatoms. The summed E-state index contributed by atoms with van der Waals surface area (Å²) in [6.45, 7) is 5.26. The Bertz CT molecular complexity index is 150. The molecule has 3 nitrogen and oxygen atoms in total. The van der Waals surface area contributed by atoms with Crippen LogP contribution in [0, 0.1) is 0 Å². The summed E-state index contributed by atoms with van der Waals surface area (Å²) in [6, 6.07) is 0. The zero-order valence-corrected chi connectivity index (χ0v) is 5.97. The lowest BCUT2D eigenvalue weighted by Crippen LogP contribution is -1.64. The summed E-state index contributed by atoms with van der Waals surface area (Å²) in [5.41, 5.74) is 0.770. The molecule has 0 aliphatic rings. The molecule has 1 atom stereocenters. The van der Waals surface area contributed by atoms with Crippen LogP contribution >= 0.6 is 8.25 Å². The molecule has 0 aliphatic carbocycles. The largest absolute Gasteiger partial charge is 0.746 e. The normalized spacial score (nSPS) is 11.6. The summed E-state index contributed by atoms with van der Waals surface area (Å²) in [5.74, 6) is 0. The Hall–Kier alpha value is -0.660. The molecule has 0 amide bonds. The van der Waals surface area contributed by atoms with Crippen molar-refractivity contribution in [2.45, 2.75) is 6.92 Å². The Balaban J connectivity index is 3.48. The fraction of sp³-hybridized carbons (Fsp3) is 0.200. The maximum Gasteiger partial charge on any atom is 0.746 e. The molecular weight excluding hydrogens is 139 g/mol. The van der Waals surface area contributed by atoms with E-state index in [1.807, 2.05) is 0 Å². The van der Waals surface area contributed by atoms with E-state index in [2.05, 4.69) is 11.1 Å². The van der Waals surface area contributed by atoms with Gasteiger partial charge >= 0.3 is 8.25 Å². The van der Waals surface area contributed by atoms with Crippen molar-refractivity contribution in [1.29, 1.82) is 0 Å². The van der Waals surface area contributed by atoms with Crippen molar-refractivity contribution in [2.24, 2.45) is 0 Å². The molecule has 0 aromatic rings. The minimum atomic E-state index is -2.51. The van der Waals surface area contributed by atoms with Gasteiger partial charge in [0.25, 0.3) is 0 Å². The lowest BCUT2D eigenvalue weighted by atomic mass is 10.4. The highest BCUT2D eigenvalue weighted by atomic mass is 31.1. The summed E-state index contributed by atoms with van der Waals surface area (Å²) in [4.78, 5) is 8.07. The van der Waals surface area contributed by atoms with Crippen molar-refractivity contribution in [3.8, 4) is 0 Å². The first kappa shape index (κ1) is 8.34. The first-order valence-electron chi connectivity index (χ1n) is 2.28. The highest BCUT2D eigenvalue weighted by Crippen LogP contribution is 2.14. The van der Waals surface area contributed by atoms with E-state index in [4.69, 9.17) is 4.89 Å². The third kappa shape index (κ3) is 7.34. The van der Waals surface area contributed by atoms with Crippen LogP contribution in [0.5, 0.6) is 0 Å². The van der Waals surface area contributed by atoms with Gasteiger partial charge in [0.05, 0.1) is 0 Å². The lowest BCUT2D eigenvalue weighted by molar-refractivity contribution is 0.378. The maximum atomic E-state index is 9.83. The summed E-state index contributed by atoms with van der Waals surface area (Å²) >= 11 is 0. The van der Waals surface area contributed by atoms with Gasteiger partial charge in [-0.3, -0.25) is 0 Å². The molecule has 0 aliphatic heterocycles. The van der Waals surface area contributed by atoms with E-state index >= 15 is 0 Å². The van der Waals surface area contributed by atoms with Crippen LogP contribution in [0.4, 0.5) is 0 Å². The van der Waals surface area contributed by atoms with E-state index in [-0.39, 0.29) is 0 Å². The second kappa shape index (κ2) is 4.24. The minimum Gasteiger partial charge on any atom is -0.237 e. The first-order chi connectivity index (χ1) is 4.13. The number of hydrogen-bond donors (Lipinski definition) is 1. The Morgan fingerprint density at radius 2 is 2.44 bits per heavy atom. The summed E-state index contributed by atoms with van der Waals surface area (Å²) in [6.07, 6.45) is 2.64. The van der Waals surface area contributed by atoms with E-state index in [0.29, 0.717) is 0 Å². The van der Waals surface area contributed by atoms with E-state index in [0.717, 1.165) is 11.8 Å². The predicted octanol–water partition coefficient (Wildman–Crippen LogP) is 1.74. The second-order valence-electron chi connectivity index (χ2n) is 1.49. The van der Waals surface area contributed by atoms with Crippen molar-refractivity contribution in [1.82, 2.24) is 0 Å². The number of rotatable bonds is 3. The molecule has 1 N–H and O–H groups in total. The third-order valence-corrected chi connectivity index (χ3v) is 0.806. The van der Waals surface area contributed by atoms with E-state index in [1.54, 1.807) is 6.92 Å². The van der Waals surface area contributed by atoms with Gasteiger partial charge in [0.15, 0.2) is 6.26 Å². The van der Waals surface area contributed by atoms with Crippen LogP contribution in [0.2, 0.25) is 0 Å². The van der Waals surface area contributed by atoms with Crippen LogP contribution in [0.15, 0.2) is 24.5 Å². The highest BCUT2D eigenvalue weighted by Gasteiger charge is 2.06. The van der Waals surface area contributed by atoms with Gasteiger partial charge in [0.1, 0.15) is 0 Å². The highest BCUT2D eigenvalue weighted by molar-refractivity contribution is 7.32. The van der Waals surface area contributed by atoms with Crippen LogP contribution in [-0.2, 0) is 9.09 Å². The summed E-state index contributed by atoms with van der Waals surface area (Å²) in [5, 5.41) is 0. The molecule has 1 unspecified atom stereocenters. The van der Waals surface area contributed by atoms with Crippen molar-refractivity contribution in [3.63, 3.8) is 0 Å². The number of hydrogen-bond acceptors (Lipinski definition) is 2. The molecule has 0 spiro atoms. The van der Waals surface area contributed by atoms with Crippen LogP contribution in [-0.4, -0.2) is 4.89 Å². The van der Waals surface area contributed by atoms with Crippen molar-refractivity contribution < 1.29 is 14.0 Å². The fourth-order valence-electron chi connectivity index (χ4n) is 0.199. The number of allylic oxidation sites excluding steroid dienone is 2. The van der Waals surface area contributed by atoms with Gasteiger partial charge in [0.2, 0.25) is 0 Å². The van der Waals surface area contributed by atoms with Gasteiger partial charge in [-0.05, 0) is 13.0 Å². The molecule has 9 heavy (non-hydrogen) atoms. The monoisotopic (exact) mass is 147 g/mol. The summed E-state index contributed by atoms with van der Waals surface area (Å²) < 4.78 is 14.0. The molecule has 0 heterocycles. The maximum absolute atomic E-state index is 9.83. The molecule has 0 bridgehead atoms. The Morgan fingerprint density at radius 3 is 2.78 bits per heavy atom. The van der Waals surface area contributed by atoms with Gasteiger partial charge in [-0.1, -0.05) is 12.2 Å². The van der Waals surface area contributed by atoms with Crippen molar-refractivity contribution in [3.05, 3.63) is 24.5 Å². The second-order valence-corrected chi connectivity index (χ2v) is 2.18. The average molecular weight is 147 g/mol. The van der Waals surface area contributed by atoms with Gasteiger partial charge in [-0.15, -0.1) is 4.89 Å². The molecular formula is C5H8O3P+. The molecule has 0 saturated carbocycles. The van der Waals surface area contributed by atoms with E-state index in [1.165, 1.54) is 6.08 Å². The molecule has 0 radical (unpaired) electrons. The predicted molar refractivity (Wildman–Crippen MR) is 34.9 cm³/mol. The molecule has 0 aromatic carbocycles. The molecule has 0 aromatic heterocycles. The average Bonchev–Trinajstić information content (AvgIpc) is 1.63. The van der Waals surface area contributed by atoms with Crippen molar-refractivity contribution >= 4 is 8.25 Å². The fourth-order valence-corrected chi connectivity index (χ4v) is 0.364. The minimum absolute atomic E-state index is 0.770. The quantitative estimate of drug-likeness (QED) is 0.375. The van der Waals surface area contributed by atoms with Gasteiger partial charge in [-0.2, -0.15) is 0 Å². The topological polar surface area (TPSA) is 46.5 Å². The molecule has 0 rings (SSSR count). The van der Waals surface area contributed by atoms with Gasteiger partial charge < -0.3 is 0 Å². The third-order valence-electron chi connectivity index (χ3n) is 0.504. The molecule has 0 saturated heterocycles. The Kier molecular flexibility index (Phi) is 3.93. The Labute approximate surface area is 54.6 Å².